The van der Waals surface area contributed by atoms with Crippen LogP contribution in [-0.4, -0.2) is 24.0 Å². The highest BCUT2D eigenvalue weighted by atomic mass is 35.5. The number of carboxylic acids is 1. The molecule has 5 heteroatoms. The summed E-state index contributed by atoms with van der Waals surface area (Å²) in [6, 6.07) is 4.87. The summed E-state index contributed by atoms with van der Waals surface area (Å²) in [6.07, 6.45) is -0.231. The molecule has 1 rings (SSSR count). The lowest BCUT2D eigenvalue weighted by molar-refractivity contribution is -0.148. The lowest BCUT2D eigenvalue weighted by atomic mass is 10.1. The van der Waals surface area contributed by atoms with E-state index in [1.54, 1.807) is 18.2 Å². The fraction of sp³-hybridized carbons (Fsp3) is 0.200. The molecule has 0 spiro atoms. The number of rotatable bonds is 4. The number of aliphatic carboxylic acids is 1. The fourth-order valence-electron chi connectivity index (χ4n) is 1.10. The molecular weight excluding hydrogens is 220 g/mol. The van der Waals surface area contributed by atoms with E-state index in [0.717, 1.165) is 0 Å². The van der Waals surface area contributed by atoms with E-state index >= 15 is 0 Å². The number of Topliss-reactive ketones (excluding diaryl/α,β-unsaturated/α-hetero) is 1. The van der Waals surface area contributed by atoms with E-state index in [-0.39, 0.29) is 11.4 Å². The summed E-state index contributed by atoms with van der Waals surface area (Å²) in [4.78, 5) is 21.3. The summed E-state index contributed by atoms with van der Waals surface area (Å²) in [7, 11) is 1.45. The zero-order valence-electron chi connectivity index (χ0n) is 7.99. The molecule has 1 aromatic rings. The molecule has 0 atom stereocenters. The minimum absolute atomic E-state index is 0.231. The SMILES string of the molecule is COc1cccc(CC(=O)C(=O)O)c1Cl. The molecule has 1 N–H and O–H groups in total. The maximum atomic E-state index is 11.0. The number of ether oxygens (including phenoxy) is 1. The van der Waals surface area contributed by atoms with Gasteiger partial charge in [0, 0.05) is 6.42 Å². The Balaban J connectivity index is 2.95. The normalized spacial score (nSPS) is 9.73. The number of halogens is 1. The highest BCUT2D eigenvalue weighted by Crippen LogP contribution is 2.28. The number of benzene rings is 1. The smallest absolute Gasteiger partial charge is 0.372 e. The molecule has 0 aliphatic heterocycles. The van der Waals surface area contributed by atoms with Crippen LogP contribution in [0.15, 0.2) is 18.2 Å². The van der Waals surface area contributed by atoms with Crippen LogP contribution >= 0.6 is 11.6 Å². The van der Waals surface area contributed by atoms with Gasteiger partial charge in [-0.1, -0.05) is 23.7 Å². The van der Waals surface area contributed by atoms with Gasteiger partial charge in [0.05, 0.1) is 12.1 Å². The van der Waals surface area contributed by atoms with Gasteiger partial charge in [-0.15, -0.1) is 0 Å². The second-order valence-corrected chi connectivity index (χ2v) is 3.22. The van der Waals surface area contributed by atoms with Crippen molar-refractivity contribution in [2.75, 3.05) is 7.11 Å². The van der Waals surface area contributed by atoms with Crippen LogP contribution in [0.1, 0.15) is 5.56 Å². The third-order valence-electron chi connectivity index (χ3n) is 1.85. The molecule has 0 aromatic heterocycles. The number of carbonyl (C=O) groups excluding carboxylic acids is 1. The molecule has 0 unspecified atom stereocenters. The van der Waals surface area contributed by atoms with Crippen molar-refractivity contribution in [3.8, 4) is 5.75 Å². The molecule has 0 saturated heterocycles. The Bertz CT molecular complexity index is 400. The van der Waals surface area contributed by atoms with E-state index in [9.17, 15) is 9.59 Å². The standard InChI is InChI=1S/C10H9ClO4/c1-15-8-4-2-3-6(9(8)11)5-7(12)10(13)14/h2-4H,5H2,1H3,(H,13,14). The third-order valence-corrected chi connectivity index (χ3v) is 2.28. The summed E-state index contributed by atoms with van der Waals surface area (Å²) in [5.74, 6) is -1.94. The van der Waals surface area contributed by atoms with Crippen LogP contribution in [0.2, 0.25) is 5.02 Å². The van der Waals surface area contributed by atoms with Crippen LogP contribution in [0.25, 0.3) is 0 Å². The van der Waals surface area contributed by atoms with E-state index in [1.165, 1.54) is 7.11 Å². The van der Waals surface area contributed by atoms with Gasteiger partial charge in [0.1, 0.15) is 5.75 Å². The van der Waals surface area contributed by atoms with E-state index in [1.807, 2.05) is 0 Å². The van der Waals surface area contributed by atoms with Crippen molar-refractivity contribution in [1.82, 2.24) is 0 Å². The largest absolute Gasteiger partial charge is 0.495 e. The maximum absolute atomic E-state index is 11.0. The highest BCUT2D eigenvalue weighted by Gasteiger charge is 2.15. The first-order valence-electron chi connectivity index (χ1n) is 4.13. The van der Waals surface area contributed by atoms with Crippen molar-refractivity contribution >= 4 is 23.4 Å². The van der Waals surface area contributed by atoms with Gasteiger partial charge in [0.25, 0.3) is 0 Å². The molecule has 0 radical (unpaired) electrons. The molecule has 1 aromatic carbocycles. The summed E-state index contributed by atoms with van der Waals surface area (Å²) in [5.41, 5.74) is 0.448. The maximum Gasteiger partial charge on any atom is 0.372 e. The Morgan fingerprint density at radius 2 is 2.13 bits per heavy atom. The average Bonchev–Trinajstić information content (AvgIpc) is 2.21. The van der Waals surface area contributed by atoms with Crippen molar-refractivity contribution in [1.29, 1.82) is 0 Å². The lowest BCUT2D eigenvalue weighted by Gasteiger charge is -2.06. The summed E-state index contributed by atoms with van der Waals surface area (Å²) in [5, 5.41) is 8.71. The van der Waals surface area contributed by atoms with Crippen molar-refractivity contribution in [2.45, 2.75) is 6.42 Å². The van der Waals surface area contributed by atoms with E-state index in [4.69, 9.17) is 21.4 Å². The van der Waals surface area contributed by atoms with Crippen LogP contribution in [0, 0.1) is 0 Å². The number of ketones is 1. The number of methoxy groups -OCH3 is 1. The minimum Gasteiger partial charge on any atom is -0.495 e. The quantitative estimate of drug-likeness (QED) is 0.794. The Kier molecular flexibility index (Phi) is 3.68. The molecule has 0 aliphatic rings. The molecule has 0 amide bonds. The van der Waals surface area contributed by atoms with E-state index in [2.05, 4.69) is 0 Å². The Morgan fingerprint density at radius 3 is 2.67 bits per heavy atom. The van der Waals surface area contributed by atoms with Crippen molar-refractivity contribution in [2.24, 2.45) is 0 Å². The van der Waals surface area contributed by atoms with Gasteiger partial charge in [0.2, 0.25) is 5.78 Å². The second-order valence-electron chi connectivity index (χ2n) is 2.84. The van der Waals surface area contributed by atoms with Gasteiger partial charge in [-0.2, -0.15) is 0 Å². The zero-order valence-corrected chi connectivity index (χ0v) is 8.75. The van der Waals surface area contributed by atoms with Gasteiger partial charge in [0.15, 0.2) is 0 Å². The first kappa shape index (κ1) is 11.5. The minimum atomic E-state index is -1.46. The molecule has 0 fully saturated rings. The predicted molar refractivity (Wildman–Crippen MR) is 54.4 cm³/mol. The topological polar surface area (TPSA) is 63.6 Å². The number of carboxylic acid groups (broad SMARTS) is 1. The summed E-state index contributed by atoms with van der Waals surface area (Å²) >= 11 is 5.89. The van der Waals surface area contributed by atoms with Crippen LogP contribution in [0.3, 0.4) is 0 Å². The molecule has 0 bridgehead atoms. The number of hydrogen-bond donors (Lipinski definition) is 1. The van der Waals surface area contributed by atoms with Gasteiger partial charge < -0.3 is 9.84 Å². The van der Waals surface area contributed by atoms with Crippen molar-refractivity contribution < 1.29 is 19.4 Å². The third kappa shape index (κ3) is 2.70. The van der Waals surface area contributed by atoms with Crippen molar-refractivity contribution in [3.05, 3.63) is 28.8 Å². The number of hydrogen-bond acceptors (Lipinski definition) is 3. The first-order chi connectivity index (χ1) is 7.06. The Hall–Kier alpha value is -1.55. The van der Waals surface area contributed by atoms with Gasteiger partial charge in [-0.05, 0) is 11.6 Å². The first-order valence-corrected chi connectivity index (χ1v) is 4.51. The molecular formula is C10H9ClO4. The van der Waals surface area contributed by atoms with Crippen LogP contribution in [-0.2, 0) is 16.0 Å². The lowest BCUT2D eigenvalue weighted by Crippen LogP contribution is -2.15. The molecule has 0 aliphatic carbocycles. The van der Waals surface area contributed by atoms with Gasteiger partial charge in [-0.3, -0.25) is 4.79 Å². The summed E-state index contributed by atoms with van der Waals surface area (Å²) in [6.45, 7) is 0. The monoisotopic (exact) mass is 228 g/mol. The summed E-state index contributed by atoms with van der Waals surface area (Å²) < 4.78 is 4.94. The van der Waals surface area contributed by atoms with Crippen LogP contribution < -0.4 is 4.74 Å². The molecule has 80 valence electrons. The van der Waals surface area contributed by atoms with Gasteiger partial charge in [-0.25, -0.2) is 4.79 Å². The molecule has 4 nitrogen and oxygen atoms in total. The second kappa shape index (κ2) is 4.79. The fourth-order valence-corrected chi connectivity index (χ4v) is 1.37. The van der Waals surface area contributed by atoms with E-state index < -0.39 is 11.8 Å². The number of carbonyl (C=O) groups is 2. The average molecular weight is 229 g/mol. The highest BCUT2D eigenvalue weighted by molar-refractivity contribution is 6.35. The van der Waals surface area contributed by atoms with Crippen molar-refractivity contribution in [3.63, 3.8) is 0 Å². The van der Waals surface area contributed by atoms with Crippen LogP contribution in [0.4, 0.5) is 0 Å². The Morgan fingerprint density at radius 1 is 1.47 bits per heavy atom. The van der Waals surface area contributed by atoms with E-state index in [0.29, 0.717) is 11.3 Å². The Labute approximate surface area is 91.4 Å². The molecule has 15 heavy (non-hydrogen) atoms. The molecule has 0 saturated carbocycles. The van der Waals surface area contributed by atoms with Gasteiger partial charge >= 0.3 is 5.97 Å². The molecule has 0 heterocycles. The van der Waals surface area contributed by atoms with Crippen LogP contribution in [0.5, 0.6) is 5.75 Å². The zero-order chi connectivity index (χ0) is 11.4. The predicted octanol–water partition coefficient (Wildman–Crippen LogP) is 1.54.